The van der Waals surface area contributed by atoms with Gasteiger partial charge in [0.05, 0.1) is 6.61 Å². The largest absolute Gasteiger partial charge is 0.465 e. The summed E-state index contributed by atoms with van der Waals surface area (Å²) in [6, 6.07) is 5.66. The Labute approximate surface area is 162 Å². The van der Waals surface area contributed by atoms with E-state index in [4.69, 9.17) is 9.47 Å². The van der Waals surface area contributed by atoms with Crippen LogP contribution >= 0.6 is 0 Å². The van der Waals surface area contributed by atoms with E-state index in [1.54, 1.807) is 19.9 Å². The minimum absolute atomic E-state index is 0.173. The molecule has 5 heteroatoms. The maximum atomic E-state index is 13.8. The molecule has 0 heterocycles. The van der Waals surface area contributed by atoms with Gasteiger partial charge < -0.3 is 9.47 Å². The van der Waals surface area contributed by atoms with E-state index in [1.165, 1.54) is 43.9 Å². The molecule has 0 saturated carbocycles. The predicted molar refractivity (Wildman–Crippen MR) is 104 cm³/mol. The minimum atomic E-state index is -1.40. The minimum Gasteiger partial charge on any atom is -0.465 e. The van der Waals surface area contributed by atoms with Crippen LogP contribution in [0.25, 0.3) is 0 Å². The molecule has 0 radical (unpaired) electrons. The highest BCUT2D eigenvalue weighted by Gasteiger charge is 2.46. The molecule has 0 aliphatic heterocycles. The molecule has 0 aliphatic carbocycles. The van der Waals surface area contributed by atoms with Gasteiger partial charge in [0, 0.05) is 0 Å². The highest BCUT2D eigenvalue weighted by molar-refractivity contribution is 6.00. The molecule has 0 saturated heterocycles. The molecule has 0 atom stereocenters. The van der Waals surface area contributed by atoms with E-state index < -0.39 is 23.2 Å². The zero-order valence-corrected chi connectivity index (χ0v) is 16.9. The molecule has 1 aromatic carbocycles. The van der Waals surface area contributed by atoms with Gasteiger partial charge in [-0.2, -0.15) is 0 Å². The lowest BCUT2D eigenvalue weighted by molar-refractivity contribution is -0.168. The molecule has 1 rings (SSSR count). The summed E-state index contributed by atoms with van der Waals surface area (Å²) in [6.07, 6.45) is 8.31. The summed E-state index contributed by atoms with van der Waals surface area (Å²) in [6.45, 7) is 5.95. The fourth-order valence-electron chi connectivity index (χ4n) is 3.00. The van der Waals surface area contributed by atoms with Crippen molar-refractivity contribution in [2.75, 3.05) is 6.61 Å². The first kappa shape index (κ1) is 23.1. The van der Waals surface area contributed by atoms with E-state index in [2.05, 4.69) is 6.92 Å². The zero-order valence-electron chi connectivity index (χ0n) is 16.9. The van der Waals surface area contributed by atoms with Crippen molar-refractivity contribution >= 4 is 11.9 Å². The van der Waals surface area contributed by atoms with Crippen molar-refractivity contribution in [3.8, 4) is 5.75 Å². The Morgan fingerprint density at radius 3 is 2.07 bits per heavy atom. The Bertz CT molecular complexity index is 581. The summed E-state index contributed by atoms with van der Waals surface area (Å²) < 4.78 is 24.3. The molecule has 0 amide bonds. The number of halogens is 1. The lowest BCUT2D eigenvalue weighted by Crippen LogP contribution is -2.42. The van der Waals surface area contributed by atoms with Crippen molar-refractivity contribution in [1.29, 1.82) is 0 Å². The maximum absolute atomic E-state index is 13.8. The summed E-state index contributed by atoms with van der Waals surface area (Å²) >= 11 is 0. The number of unbranched alkanes of at least 4 members (excludes halogenated alkanes) is 6. The van der Waals surface area contributed by atoms with Gasteiger partial charge in [-0.3, -0.25) is 9.59 Å². The molecule has 0 aliphatic rings. The molecule has 0 bridgehead atoms. The highest BCUT2D eigenvalue weighted by Crippen LogP contribution is 2.31. The standard InChI is InChI=1S/C22H33FO4/c1-4-7-8-9-10-11-14-17-26-20(24)22(5-2,6-3)21(25)27-19-16-13-12-15-18(19)23/h12-13,15-16H,4-11,14,17H2,1-3H3. The Balaban J connectivity index is 2.55. The summed E-state index contributed by atoms with van der Waals surface area (Å²) in [7, 11) is 0. The van der Waals surface area contributed by atoms with Crippen molar-refractivity contribution in [2.24, 2.45) is 5.41 Å². The molecule has 0 spiro atoms. The lowest BCUT2D eigenvalue weighted by Gasteiger charge is -2.26. The fraction of sp³-hybridized carbons (Fsp3) is 0.636. The van der Waals surface area contributed by atoms with Gasteiger partial charge in [-0.25, -0.2) is 4.39 Å². The number of esters is 2. The third kappa shape index (κ3) is 6.96. The van der Waals surface area contributed by atoms with Gasteiger partial charge in [-0.1, -0.05) is 71.4 Å². The van der Waals surface area contributed by atoms with Crippen molar-refractivity contribution in [3.05, 3.63) is 30.1 Å². The molecule has 152 valence electrons. The third-order valence-electron chi connectivity index (χ3n) is 5.01. The number of ether oxygens (including phenoxy) is 2. The van der Waals surface area contributed by atoms with Crippen molar-refractivity contribution in [1.82, 2.24) is 0 Å². The van der Waals surface area contributed by atoms with Gasteiger partial charge >= 0.3 is 11.9 Å². The quantitative estimate of drug-likeness (QED) is 0.187. The van der Waals surface area contributed by atoms with Crippen LogP contribution in [-0.2, 0) is 14.3 Å². The molecule has 0 fully saturated rings. The molecule has 0 N–H and O–H groups in total. The highest BCUT2D eigenvalue weighted by atomic mass is 19.1. The van der Waals surface area contributed by atoms with Crippen LogP contribution in [0, 0.1) is 11.2 Å². The summed E-state index contributed by atoms with van der Waals surface area (Å²) in [4.78, 5) is 25.2. The topological polar surface area (TPSA) is 52.6 Å². The number of carbonyl (C=O) groups is 2. The Morgan fingerprint density at radius 1 is 0.889 bits per heavy atom. The number of hydrogen-bond donors (Lipinski definition) is 0. The van der Waals surface area contributed by atoms with E-state index in [0.29, 0.717) is 6.61 Å². The molecule has 0 aromatic heterocycles. The zero-order chi connectivity index (χ0) is 20.1. The molecule has 0 unspecified atom stereocenters. The van der Waals surface area contributed by atoms with Crippen LogP contribution in [0.2, 0.25) is 0 Å². The number of benzene rings is 1. The molecule has 27 heavy (non-hydrogen) atoms. The van der Waals surface area contributed by atoms with Crippen LogP contribution in [0.5, 0.6) is 5.75 Å². The van der Waals surface area contributed by atoms with Gasteiger partial charge in [0.15, 0.2) is 17.0 Å². The second-order valence-electron chi connectivity index (χ2n) is 6.87. The second kappa shape index (κ2) is 12.5. The number of carbonyl (C=O) groups excluding carboxylic acids is 2. The van der Waals surface area contributed by atoms with Crippen LogP contribution in [0.4, 0.5) is 4.39 Å². The summed E-state index contributed by atoms with van der Waals surface area (Å²) in [5.41, 5.74) is -1.40. The molecule has 1 aromatic rings. The predicted octanol–water partition coefficient (Wildman–Crippen LogP) is 5.83. The maximum Gasteiger partial charge on any atom is 0.328 e. The first-order valence-electron chi connectivity index (χ1n) is 10.2. The van der Waals surface area contributed by atoms with E-state index >= 15 is 0 Å². The van der Waals surface area contributed by atoms with Gasteiger partial charge in [-0.15, -0.1) is 0 Å². The Morgan fingerprint density at radius 2 is 1.48 bits per heavy atom. The van der Waals surface area contributed by atoms with Crippen molar-refractivity contribution < 1.29 is 23.5 Å². The second-order valence-corrected chi connectivity index (χ2v) is 6.87. The van der Waals surface area contributed by atoms with Crippen LogP contribution in [0.1, 0.15) is 78.6 Å². The van der Waals surface area contributed by atoms with Gasteiger partial charge in [-0.05, 0) is 31.4 Å². The smallest absolute Gasteiger partial charge is 0.328 e. The Hall–Kier alpha value is -1.91. The van der Waals surface area contributed by atoms with Crippen molar-refractivity contribution in [2.45, 2.75) is 78.6 Å². The fourth-order valence-corrected chi connectivity index (χ4v) is 3.00. The number of para-hydroxylation sites is 1. The summed E-state index contributed by atoms with van der Waals surface area (Å²) in [5.74, 6) is -2.15. The summed E-state index contributed by atoms with van der Waals surface area (Å²) in [5, 5.41) is 0. The van der Waals surface area contributed by atoms with E-state index in [1.807, 2.05) is 0 Å². The Kier molecular flexibility index (Phi) is 10.7. The normalized spacial score (nSPS) is 11.3. The average molecular weight is 381 g/mol. The van der Waals surface area contributed by atoms with Crippen LogP contribution in [0.3, 0.4) is 0 Å². The van der Waals surface area contributed by atoms with E-state index in [0.717, 1.165) is 19.3 Å². The molecular formula is C22H33FO4. The van der Waals surface area contributed by atoms with Gasteiger partial charge in [0.1, 0.15) is 0 Å². The van der Waals surface area contributed by atoms with Crippen LogP contribution in [-0.4, -0.2) is 18.5 Å². The molecular weight excluding hydrogens is 347 g/mol. The third-order valence-corrected chi connectivity index (χ3v) is 5.01. The van der Waals surface area contributed by atoms with E-state index in [9.17, 15) is 14.0 Å². The monoisotopic (exact) mass is 380 g/mol. The average Bonchev–Trinajstić information content (AvgIpc) is 2.67. The number of hydrogen-bond acceptors (Lipinski definition) is 4. The van der Waals surface area contributed by atoms with Gasteiger partial charge in [0.25, 0.3) is 0 Å². The van der Waals surface area contributed by atoms with Gasteiger partial charge in [0.2, 0.25) is 0 Å². The molecule has 4 nitrogen and oxygen atoms in total. The van der Waals surface area contributed by atoms with Crippen molar-refractivity contribution in [3.63, 3.8) is 0 Å². The number of rotatable bonds is 13. The lowest BCUT2D eigenvalue weighted by atomic mass is 9.82. The first-order valence-corrected chi connectivity index (χ1v) is 10.2. The van der Waals surface area contributed by atoms with E-state index in [-0.39, 0.29) is 18.6 Å². The first-order chi connectivity index (χ1) is 13.0. The van der Waals surface area contributed by atoms with Crippen LogP contribution in [0.15, 0.2) is 24.3 Å². The van der Waals surface area contributed by atoms with Crippen LogP contribution < -0.4 is 4.74 Å². The SMILES string of the molecule is CCCCCCCCCOC(=O)C(CC)(CC)C(=O)Oc1ccccc1F.